The van der Waals surface area contributed by atoms with Crippen LogP contribution in [0.25, 0.3) is 10.8 Å². The lowest BCUT2D eigenvalue weighted by Gasteiger charge is -2.26. The molecular formula is C24H18FN3O2. The number of anilines is 1. The lowest BCUT2D eigenvalue weighted by atomic mass is 9.75. The quantitative estimate of drug-likeness (QED) is 0.615. The van der Waals surface area contributed by atoms with Crippen LogP contribution in [-0.4, -0.2) is 11.7 Å². The fourth-order valence-corrected chi connectivity index (χ4v) is 3.54. The van der Waals surface area contributed by atoms with Crippen LogP contribution in [0.1, 0.15) is 18.4 Å². The summed E-state index contributed by atoms with van der Waals surface area (Å²) < 4.78 is 13.1. The summed E-state index contributed by atoms with van der Waals surface area (Å²) in [7, 11) is 0. The number of fused-ring (bicyclic) bond motifs is 1. The van der Waals surface area contributed by atoms with Crippen LogP contribution in [-0.2, 0) is 9.59 Å². The predicted molar refractivity (Wildman–Crippen MR) is 111 cm³/mol. The Morgan fingerprint density at radius 1 is 0.933 bits per heavy atom. The summed E-state index contributed by atoms with van der Waals surface area (Å²) >= 11 is 0. The zero-order valence-corrected chi connectivity index (χ0v) is 16.2. The summed E-state index contributed by atoms with van der Waals surface area (Å²) in [6, 6.07) is 21.9. The van der Waals surface area contributed by atoms with Gasteiger partial charge in [-0.3, -0.25) is 9.59 Å². The van der Waals surface area contributed by atoms with Crippen LogP contribution in [0.2, 0.25) is 0 Å². The van der Waals surface area contributed by atoms with Gasteiger partial charge in [-0.25, -0.2) is 4.39 Å². The van der Waals surface area contributed by atoms with E-state index in [1.807, 2.05) is 42.5 Å². The van der Waals surface area contributed by atoms with Gasteiger partial charge in [0.2, 0.25) is 5.91 Å². The van der Waals surface area contributed by atoms with Crippen molar-refractivity contribution in [3.05, 3.63) is 78.1 Å². The van der Waals surface area contributed by atoms with Crippen LogP contribution in [0, 0.1) is 40.3 Å². The number of ketones is 1. The molecule has 0 aromatic heterocycles. The first-order valence-corrected chi connectivity index (χ1v) is 9.29. The van der Waals surface area contributed by atoms with Gasteiger partial charge in [-0.1, -0.05) is 42.5 Å². The number of nitriles is 2. The third kappa shape index (κ3) is 4.34. The maximum absolute atomic E-state index is 13.1. The van der Waals surface area contributed by atoms with Crippen molar-refractivity contribution >= 4 is 28.2 Å². The molecule has 0 saturated carbocycles. The standard InChI is InChI=1S/C24H18FN3O2/c1-15(29)22(24(30)28-21-10-8-20(25)9-11-21)23(19(13-26)14-27)18-7-6-16-4-2-3-5-17(16)12-18/h2-12,19,22-23H,1H3,(H,28,30). The van der Waals surface area contributed by atoms with Crippen molar-refractivity contribution in [2.75, 3.05) is 5.32 Å². The van der Waals surface area contributed by atoms with Crippen molar-refractivity contribution < 1.29 is 14.0 Å². The van der Waals surface area contributed by atoms with Crippen LogP contribution in [0.4, 0.5) is 10.1 Å². The van der Waals surface area contributed by atoms with Gasteiger partial charge >= 0.3 is 0 Å². The number of nitrogens with one attached hydrogen (secondary N) is 1. The monoisotopic (exact) mass is 399 g/mol. The van der Waals surface area contributed by atoms with Crippen molar-refractivity contribution in [2.24, 2.45) is 11.8 Å². The van der Waals surface area contributed by atoms with Crippen molar-refractivity contribution in [3.8, 4) is 12.1 Å². The summed E-state index contributed by atoms with van der Waals surface area (Å²) in [6.07, 6.45) is 0. The molecule has 3 rings (SSSR count). The molecule has 2 atom stereocenters. The van der Waals surface area contributed by atoms with Crippen LogP contribution < -0.4 is 5.32 Å². The first-order valence-electron chi connectivity index (χ1n) is 9.29. The zero-order chi connectivity index (χ0) is 21.7. The molecule has 1 N–H and O–H groups in total. The van der Waals surface area contributed by atoms with Gasteiger partial charge in [0.1, 0.15) is 23.4 Å². The highest BCUT2D eigenvalue weighted by atomic mass is 19.1. The smallest absolute Gasteiger partial charge is 0.235 e. The number of carbonyl (C=O) groups is 2. The molecule has 30 heavy (non-hydrogen) atoms. The molecule has 0 aliphatic heterocycles. The number of rotatable bonds is 6. The largest absolute Gasteiger partial charge is 0.325 e. The number of benzene rings is 3. The Kier molecular flexibility index (Phi) is 6.20. The fourth-order valence-electron chi connectivity index (χ4n) is 3.54. The molecule has 3 aromatic carbocycles. The van der Waals surface area contributed by atoms with Crippen molar-refractivity contribution in [1.82, 2.24) is 0 Å². The summed E-state index contributed by atoms with van der Waals surface area (Å²) in [5.74, 6) is -5.01. The van der Waals surface area contributed by atoms with Gasteiger partial charge in [0.05, 0.1) is 12.1 Å². The van der Waals surface area contributed by atoms with E-state index in [2.05, 4.69) is 5.32 Å². The van der Waals surface area contributed by atoms with Crippen molar-refractivity contribution in [2.45, 2.75) is 12.8 Å². The topological polar surface area (TPSA) is 93.8 Å². The van der Waals surface area contributed by atoms with Crippen molar-refractivity contribution in [1.29, 1.82) is 10.5 Å². The van der Waals surface area contributed by atoms with E-state index in [1.54, 1.807) is 12.1 Å². The molecule has 1 amide bonds. The number of amides is 1. The molecule has 3 aromatic rings. The number of Topliss-reactive ketones (excluding diaryl/α,β-unsaturated/α-hetero) is 1. The Balaban J connectivity index is 2.05. The van der Waals surface area contributed by atoms with E-state index in [9.17, 15) is 24.5 Å². The van der Waals surface area contributed by atoms with Crippen LogP contribution >= 0.6 is 0 Å². The molecule has 0 fully saturated rings. The number of hydrogen-bond acceptors (Lipinski definition) is 4. The van der Waals surface area contributed by atoms with Gasteiger partial charge in [-0.05, 0) is 47.5 Å². The minimum absolute atomic E-state index is 0.315. The zero-order valence-electron chi connectivity index (χ0n) is 16.2. The average molecular weight is 399 g/mol. The average Bonchev–Trinajstić information content (AvgIpc) is 2.74. The molecule has 5 nitrogen and oxygen atoms in total. The van der Waals surface area contributed by atoms with Crippen molar-refractivity contribution in [3.63, 3.8) is 0 Å². The highest BCUT2D eigenvalue weighted by Crippen LogP contribution is 2.35. The summed E-state index contributed by atoms with van der Waals surface area (Å²) in [5.41, 5.74) is 0.867. The van der Waals surface area contributed by atoms with Crippen LogP contribution in [0.5, 0.6) is 0 Å². The second-order valence-corrected chi connectivity index (χ2v) is 6.95. The molecule has 0 saturated heterocycles. The molecule has 6 heteroatoms. The van der Waals surface area contributed by atoms with Gasteiger partial charge < -0.3 is 5.32 Å². The molecule has 0 aliphatic carbocycles. The minimum atomic E-state index is -1.26. The van der Waals surface area contributed by atoms with E-state index < -0.39 is 35.3 Å². The maximum Gasteiger partial charge on any atom is 0.235 e. The lowest BCUT2D eigenvalue weighted by Crippen LogP contribution is -2.36. The Hall–Kier alpha value is -4.03. The maximum atomic E-state index is 13.1. The molecule has 0 bridgehead atoms. The normalized spacial score (nSPS) is 12.6. The van der Waals surface area contributed by atoms with Crippen LogP contribution in [0.15, 0.2) is 66.7 Å². The Morgan fingerprint density at radius 2 is 1.57 bits per heavy atom. The summed E-state index contributed by atoms with van der Waals surface area (Å²) in [6.45, 7) is 1.26. The van der Waals surface area contributed by atoms with E-state index in [-0.39, 0.29) is 0 Å². The Morgan fingerprint density at radius 3 is 2.17 bits per heavy atom. The fraction of sp³-hybridized carbons (Fsp3) is 0.167. The molecule has 0 heterocycles. The van der Waals surface area contributed by atoms with E-state index in [4.69, 9.17) is 0 Å². The van der Waals surface area contributed by atoms with Gasteiger partial charge in [-0.2, -0.15) is 10.5 Å². The SMILES string of the molecule is CC(=O)C(C(=O)Nc1ccc(F)cc1)C(c1ccc2ccccc2c1)C(C#N)C#N. The molecule has 148 valence electrons. The molecule has 2 unspecified atom stereocenters. The van der Waals surface area contributed by atoms with Gasteiger partial charge in [0.15, 0.2) is 0 Å². The van der Waals surface area contributed by atoms with E-state index >= 15 is 0 Å². The van der Waals surface area contributed by atoms with Gasteiger partial charge in [0, 0.05) is 11.6 Å². The third-order valence-corrected chi connectivity index (χ3v) is 4.99. The van der Waals surface area contributed by atoms with E-state index in [0.29, 0.717) is 11.3 Å². The molecular weight excluding hydrogens is 381 g/mol. The Labute approximate surface area is 173 Å². The predicted octanol–water partition coefficient (Wildman–Crippen LogP) is 4.57. The van der Waals surface area contributed by atoms with Gasteiger partial charge in [-0.15, -0.1) is 0 Å². The first-order chi connectivity index (χ1) is 14.4. The number of nitrogens with zero attached hydrogens (tertiary/aromatic N) is 2. The Bertz CT molecular complexity index is 1160. The first kappa shape index (κ1) is 20.7. The van der Waals surface area contributed by atoms with Crippen LogP contribution in [0.3, 0.4) is 0 Å². The molecule has 0 aliphatic rings. The summed E-state index contributed by atoms with van der Waals surface area (Å²) in [5, 5.41) is 23.5. The highest BCUT2D eigenvalue weighted by molar-refractivity contribution is 6.07. The third-order valence-electron chi connectivity index (χ3n) is 4.99. The van der Waals surface area contributed by atoms with E-state index in [1.165, 1.54) is 31.2 Å². The second-order valence-electron chi connectivity index (χ2n) is 6.95. The molecule has 0 radical (unpaired) electrons. The summed E-state index contributed by atoms with van der Waals surface area (Å²) in [4.78, 5) is 25.5. The lowest BCUT2D eigenvalue weighted by molar-refractivity contribution is -0.131. The second kappa shape index (κ2) is 8.98. The number of halogens is 1. The van der Waals surface area contributed by atoms with Gasteiger partial charge in [0.25, 0.3) is 0 Å². The van der Waals surface area contributed by atoms with E-state index in [0.717, 1.165) is 10.8 Å². The minimum Gasteiger partial charge on any atom is -0.325 e. The number of carbonyl (C=O) groups excluding carboxylic acids is 2. The molecule has 0 spiro atoms. The number of hydrogen-bond donors (Lipinski definition) is 1. The highest BCUT2D eigenvalue weighted by Gasteiger charge is 2.39.